The number of furan rings is 1. The van der Waals surface area contributed by atoms with E-state index in [0.717, 1.165) is 49.5 Å². The van der Waals surface area contributed by atoms with E-state index in [-0.39, 0.29) is 11.8 Å². The fraction of sp³-hybridized carbons (Fsp3) is 0.471. The first-order valence-corrected chi connectivity index (χ1v) is 9.33. The van der Waals surface area contributed by atoms with E-state index in [1.54, 1.807) is 6.07 Å². The van der Waals surface area contributed by atoms with Gasteiger partial charge in [-0.1, -0.05) is 0 Å². The summed E-state index contributed by atoms with van der Waals surface area (Å²) in [6.45, 7) is 3.79. The molecular weight excluding hydrogens is 340 g/mol. The van der Waals surface area contributed by atoms with E-state index in [1.807, 2.05) is 4.90 Å². The summed E-state index contributed by atoms with van der Waals surface area (Å²) in [4.78, 5) is 34.2. The van der Waals surface area contributed by atoms with E-state index in [4.69, 9.17) is 4.42 Å². The van der Waals surface area contributed by atoms with Gasteiger partial charge in [-0.05, 0) is 18.9 Å². The smallest absolute Gasteiger partial charge is 0.260 e. The van der Waals surface area contributed by atoms with Crippen LogP contribution in [0.25, 0.3) is 0 Å². The molecule has 2 aromatic rings. The Bertz CT molecular complexity index is 765. The normalized spacial score (nSPS) is 17.5. The van der Waals surface area contributed by atoms with Gasteiger partial charge in [-0.3, -0.25) is 19.8 Å². The van der Waals surface area contributed by atoms with Gasteiger partial charge in [0, 0.05) is 37.5 Å². The summed E-state index contributed by atoms with van der Waals surface area (Å²) >= 11 is 1.48. The zero-order valence-corrected chi connectivity index (χ0v) is 14.7. The average Bonchev–Trinajstić information content (AvgIpc) is 3.35. The van der Waals surface area contributed by atoms with Crippen molar-refractivity contribution in [1.29, 1.82) is 0 Å². The summed E-state index contributed by atoms with van der Waals surface area (Å²) in [5.74, 6) is -0.000126. The van der Waals surface area contributed by atoms with Crippen molar-refractivity contribution in [2.24, 2.45) is 0 Å². The molecule has 0 saturated carbocycles. The van der Waals surface area contributed by atoms with E-state index >= 15 is 0 Å². The van der Waals surface area contributed by atoms with Crippen molar-refractivity contribution in [2.45, 2.75) is 25.8 Å². The predicted octanol–water partition coefficient (Wildman–Crippen LogP) is 1.97. The maximum atomic E-state index is 12.3. The summed E-state index contributed by atoms with van der Waals surface area (Å²) in [5, 5.41) is 3.42. The fourth-order valence-electron chi connectivity index (χ4n) is 3.26. The molecule has 0 aliphatic carbocycles. The number of hydrogen-bond acceptors (Lipinski definition) is 6. The van der Waals surface area contributed by atoms with Crippen LogP contribution in [0.3, 0.4) is 0 Å². The van der Waals surface area contributed by atoms with Crippen molar-refractivity contribution in [2.75, 3.05) is 31.5 Å². The number of thiazole rings is 1. The van der Waals surface area contributed by atoms with Crippen LogP contribution in [0, 0.1) is 0 Å². The zero-order chi connectivity index (χ0) is 17.2. The maximum Gasteiger partial charge on any atom is 0.260 e. The molecule has 2 aromatic heterocycles. The number of amides is 2. The minimum absolute atomic E-state index is 0.221. The number of carbonyl (C=O) groups excluding carboxylic acids is 2. The van der Waals surface area contributed by atoms with Crippen LogP contribution in [0.5, 0.6) is 0 Å². The Morgan fingerprint density at radius 1 is 1.28 bits per heavy atom. The maximum absolute atomic E-state index is 12.3. The summed E-state index contributed by atoms with van der Waals surface area (Å²) in [7, 11) is 0. The monoisotopic (exact) mass is 360 g/mol. The number of nitrogens with one attached hydrogen (secondary N) is 1. The van der Waals surface area contributed by atoms with E-state index in [1.165, 1.54) is 23.9 Å². The molecule has 0 bridgehead atoms. The molecule has 0 aromatic carbocycles. The van der Waals surface area contributed by atoms with Gasteiger partial charge in [0.25, 0.3) is 5.91 Å². The third kappa shape index (κ3) is 3.59. The second kappa shape index (κ2) is 6.97. The van der Waals surface area contributed by atoms with Gasteiger partial charge >= 0.3 is 0 Å². The topological polar surface area (TPSA) is 78.7 Å². The predicted molar refractivity (Wildman–Crippen MR) is 93.6 cm³/mol. The Labute approximate surface area is 149 Å². The molecule has 25 heavy (non-hydrogen) atoms. The highest BCUT2D eigenvalue weighted by atomic mass is 32.1. The Kier molecular flexibility index (Phi) is 4.54. The molecule has 4 heterocycles. The van der Waals surface area contributed by atoms with Gasteiger partial charge in [-0.25, -0.2) is 4.98 Å². The lowest BCUT2D eigenvalue weighted by molar-refractivity contribution is -0.131. The van der Waals surface area contributed by atoms with Crippen LogP contribution in [0.4, 0.5) is 5.13 Å². The molecule has 0 spiro atoms. The second-order valence-electron chi connectivity index (χ2n) is 6.40. The van der Waals surface area contributed by atoms with Crippen molar-refractivity contribution < 1.29 is 14.0 Å². The Morgan fingerprint density at radius 2 is 2.12 bits per heavy atom. The third-order valence-electron chi connectivity index (χ3n) is 4.63. The Hall–Kier alpha value is -2.19. The minimum Gasteiger partial charge on any atom is -0.472 e. The van der Waals surface area contributed by atoms with Gasteiger partial charge < -0.3 is 9.32 Å². The average molecular weight is 360 g/mol. The van der Waals surface area contributed by atoms with Crippen LogP contribution < -0.4 is 5.32 Å². The molecule has 2 aliphatic rings. The molecule has 1 fully saturated rings. The molecule has 132 valence electrons. The van der Waals surface area contributed by atoms with Crippen molar-refractivity contribution >= 4 is 28.3 Å². The third-order valence-corrected chi connectivity index (χ3v) is 5.63. The number of rotatable bonds is 4. The van der Waals surface area contributed by atoms with Crippen LogP contribution in [-0.4, -0.2) is 52.8 Å². The van der Waals surface area contributed by atoms with Crippen LogP contribution in [0.2, 0.25) is 0 Å². The fourth-order valence-corrected chi connectivity index (χ4v) is 4.30. The van der Waals surface area contributed by atoms with E-state index in [9.17, 15) is 9.59 Å². The highest BCUT2D eigenvalue weighted by molar-refractivity contribution is 7.15. The lowest BCUT2D eigenvalue weighted by atomic mass is 10.2. The standard InChI is InChI=1S/C17H20N4O3S/c22-15(21-5-1-2-6-21)10-20-7-3-13-14(9-20)25-17(18-13)19-16(23)12-4-8-24-11-12/h4,8,11H,1-3,5-7,9-10H2,(H,18,19,23). The van der Waals surface area contributed by atoms with Crippen molar-refractivity contribution in [3.8, 4) is 0 Å². The molecule has 8 heteroatoms. The van der Waals surface area contributed by atoms with Gasteiger partial charge in [-0.2, -0.15) is 0 Å². The molecule has 0 radical (unpaired) electrons. The number of nitrogens with zero attached hydrogens (tertiary/aromatic N) is 3. The highest BCUT2D eigenvalue weighted by Gasteiger charge is 2.25. The van der Waals surface area contributed by atoms with Gasteiger partial charge in [0.05, 0.1) is 24.1 Å². The summed E-state index contributed by atoms with van der Waals surface area (Å²) in [6, 6.07) is 1.62. The Balaban J connectivity index is 1.37. The number of fused-ring (bicyclic) bond motifs is 1. The van der Waals surface area contributed by atoms with Crippen molar-refractivity contribution in [1.82, 2.24) is 14.8 Å². The van der Waals surface area contributed by atoms with Gasteiger partial charge in [-0.15, -0.1) is 11.3 Å². The first-order valence-electron chi connectivity index (χ1n) is 8.51. The zero-order valence-electron chi connectivity index (χ0n) is 13.9. The van der Waals surface area contributed by atoms with Crippen LogP contribution in [0.15, 0.2) is 23.0 Å². The number of carbonyl (C=O) groups is 2. The minimum atomic E-state index is -0.221. The molecular formula is C17H20N4O3S. The second-order valence-corrected chi connectivity index (χ2v) is 7.49. The van der Waals surface area contributed by atoms with Crippen LogP contribution in [-0.2, 0) is 17.8 Å². The molecule has 1 N–H and O–H groups in total. The number of aromatic nitrogens is 1. The first kappa shape index (κ1) is 16.3. The van der Waals surface area contributed by atoms with Crippen molar-refractivity contribution in [3.05, 3.63) is 34.7 Å². The van der Waals surface area contributed by atoms with Gasteiger partial charge in [0.2, 0.25) is 5.91 Å². The molecule has 0 unspecified atom stereocenters. The van der Waals surface area contributed by atoms with Crippen LogP contribution in [0.1, 0.15) is 33.8 Å². The Morgan fingerprint density at radius 3 is 2.88 bits per heavy atom. The highest BCUT2D eigenvalue weighted by Crippen LogP contribution is 2.28. The van der Waals surface area contributed by atoms with Crippen molar-refractivity contribution in [3.63, 3.8) is 0 Å². The molecule has 4 rings (SSSR count). The quantitative estimate of drug-likeness (QED) is 0.902. The molecule has 7 nitrogen and oxygen atoms in total. The van der Waals surface area contributed by atoms with E-state index < -0.39 is 0 Å². The summed E-state index contributed by atoms with van der Waals surface area (Å²) < 4.78 is 4.93. The molecule has 2 amide bonds. The summed E-state index contributed by atoms with van der Waals surface area (Å²) in [6.07, 6.45) is 5.92. The SMILES string of the molecule is O=C(Nc1nc2c(s1)CN(CC(=O)N1CCCC1)CC2)c1ccoc1. The van der Waals surface area contributed by atoms with Gasteiger partial charge in [0.1, 0.15) is 6.26 Å². The lowest BCUT2D eigenvalue weighted by Gasteiger charge is -2.27. The van der Waals surface area contributed by atoms with E-state index in [0.29, 0.717) is 23.8 Å². The number of hydrogen-bond donors (Lipinski definition) is 1. The number of likely N-dealkylation sites (tertiary alicyclic amines) is 1. The number of anilines is 1. The molecule has 2 aliphatic heterocycles. The van der Waals surface area contributed by atoms with E-state index in [2.05, 4.69) is 15.2 Å². The largest absolute Gasteiger partial charge is 0.472 e. The lowest BCUT2D eigenvalue weighted by Crippen LogP contribution is -2.40. The molecule has 1 saturated heterocycles. The molecule has 0 atom stereocenters. The summed E-state index contributed by atoms with van der Waals surface area (Å²) in [5.41, 5.74) is 1.50. The first-order chi connectivity index (χ1) is 12.2. The van der Waals surface area contributed by atoms with Gasteiger partial charge in [0.15, 0.2) is 5.13 Å². The van der Waals surface area contributed by atoms with Crippen LogP contribution >= 0.6 is 11.3 Å².